The molecule has 2 heterocycles. The largest absolute Gasteiger partial charge is 0.362 e. The standard InChI is InChI=1S/C18H20N4OS2/c1-10-5-6-14(7-11(10)2)20-17-21-22-18(25-17)24-9-16(23)15-8-12(3)19-13(15)4/h5-8,19H,9H2,1-4H3,(H,20,21). The number of nitrogens with one attached hydrogen (secondary N) is 2. The summed E-state index contributed by atoms with van der Waals surface area (Å²) in [7, 11) is 0. The van der Waals surface area contributed by atoms with Crippen LogP contribution >= 0.6 is 23.1 Å². The van der Waals surface area contributed by atoms with Gasteiger partial charge in [-0.2, -0.15) is 0 Å². The molecule has 0 fully saturated rings. The third-order valence-corrected chi connectivity index (χ3v) is 5.91. The first-order valence-electron chi connectivity index (χ1n) is 7.92. The van der Waals surface area contributed by atoms with Crippen molar-refractivity contribution in [2.75, 3.05) is 11.1 Å². The Balaban J connectivity index is 1.60. The second-order valence-electron chi connectivity index (χ2n) is 6.00. The first-order chi connectivity index (χ1) is 11.9. The number of aryl methyl sites for hydroxylation is 4. The van der Waals surface area contributed by atoms with E-state index in [-0.39, 0.29) is 5.78 Å². The van der Waals surface area contributed by atoms with Gasteiger partial charge in [-0.1, -0.05) is 29.2 Å². The molecular formula is C18H20N4OS2. The highest BCUT2D eigenvalue weighted by molar-refractivity contribution is 8.01. The maximum absolute atomic E-state index is 12.3. The number of aromatic nitrogens is 3. The van der Waals surface area contributed by atoms with Crippen molar-refractivity contribution in [3.8, 4) is 0 Å². The minimum atomic E-state index is 0.103. The molecule has 0 aliphatic carbocycles. The maximum atomic E-state index is 12.3. The molecule has 0 spiro atoms. The van der Waals surface area contributed by atoms with Gasteiger partial charge in [0.1, 0.15) is 0 Å². The molecule has 2 aromatic heterocycles. The Hall–Kier alpha value is -2.12. The van der Waals surface area contributed by atoms with Crippen molar-refractivity contribution in [1.82, 2.24) is 15.2 Å². The summed E-state index contributed by atoms with van der Waals surface area (Å²) in [4.78, 5) is 15.5. The van der Waals surface area contributed by atoms with Crippen LogP contribution in [0.3, 0.4) is 0 Å². The van der Waals surface area contributed by atoms with E-state index in [0.717, 1.165) is 32.1 Å². The van der Waals surface area contributed by atoms with Gasteiger partial charge in [0, 0.05) is 22.6 Å². The van der Waals surface area contributed by atoms with Crippen molar-refractivity contribution >= 4 is 39.7 Å². The summed E-state index contributed by atoms with van der Waals surface area (Å²) in [6.45, 7) is 8.04. The Morgan fingerprint density at radius 1 is 1.16 bits per heavy atom. The van der Waals surface area contributed by atoms with E-state index in [2.05, 4.69) is 46.5 Å². The fourth-order valence-electron chi connectivity index (χ4n) is 2.48. The van der Waals surface area contributed by atoms with Gasteiger partial charge in [0.2, 0.25) is 5.13 Å². The van der Waals surface area contributed by atoms with E-state index < -0.39 is 0 Å². The third-order valence-electron chi connectivity index (χ3n) is 3.94. The summed E-state index contributed by atoms with van der Waals surface area (Å²) in [6, 6.07) is 8.08. The van der Waals surface area contributed by atoms with Crippen LogP contribution in [-0.2, 0) is 0 Å². The molecule has 5 nitrogen and oxygen atoms in total. The van der Waals surface area contributed by atoms with E-state index in [1.807, 2.05) is 26.0 Å². The van der Waals surface area contributed by atoms with Crippen LogP contribution in [0, 0.1) is 27.7 Å². The zero-order valence-electron chi connectivity index (χ0n) is 14.6. The predicted molar refractivity (Wildman–Crippen MR) is 104 cm³/mol. The van der Waals surface area contributed by atoms with Crippen LogP contribution in [0.15, 0.2) is 28.6 Å². The molecule has 0 saturated heterocycles. The molecule has 25 heavy (non-hydrogen) atoms. The number of ketones is 1. The van der Waals surface area contributed by atoms with E-state index in [1.54, 1.807) is 0 Å². The van der Waals surface area contributed by atoms with Crippen LogP contribution in [0.5, 0.6) is 0 Å². The van der Waals surface area contributed by atoms with Gasteiger partial charge in [-0.25, -0.2) is 0 Å². The van der Waals surface area contributed by atoms with Crippen LogP contribution < -0.4 is 5.32 Å². The van der Waals surface area contributed by atoms with Gasteiger partial charge in [0.15, 0.2) is 10.1 Å². The Bertz CT molecular complexity index is 914. The zero-order chi connectivity index (χ0) is 18.0. The molecule has 3 aromatic rings. The summed E-state index contributed by atoms with van der Waals surface area (Å²) in [5.74, 6) is 0.460. The van der Waals surface area contributed by atoms with Crippen molar-refractivity contribution in [1.29, 1.82) is 0 Å². The second kappa shape index (κ2) is 7.41. The SMILES string of the molecule is Cc1cc(C(=O)CSc2nnc(Nc3ccc(C)c(C)c3)s2)c(C)[nH]1. The highest BCUT2D eigenvalue weighted by Crippen LogP contribution is 2.29. The number of carbonyl (C=O) groups is 1. The van der Waals surface area contributed by atoms with Crippen molar-refractivity contribution in [3.05, 3.63) is 52.3 Å². The number of hydrogen-bond acceptors (Lipinski definition) is 6. The normalized spacial score (nSPS) is 10.9. The lowest BCUT2D eigenvalue weighted by Crippen LogP contribution is -2.02. The van der Waals surface area contributed by atoms with Crippen molar-refractivity contribution in [2.24, 2.45) is 0 Å². The number of carbonyl (C=O) groups excluding carboxylic acids is 1. The molecule has 3 rings (SSSR count). The fraction of sp³-hybridized carbons (Fsp3) is 0.278. The van der Waals surface area contributed by atoms with Crippen molar-refractivity contribution in [3.63, 3.8) is 0 Å². The molecule has 0 atom stereocenters. The average Bonchev–Trinajstić information content (AvgIpc) is 3.14. The molecule has 2 N–H and O–H groups in total. The molecule has 7 heteroatoms. The summed E-state index contributed by atoms with van der Waals surface area (Å²) >= 11 is 2.87. The number of thioether (sulfide) groups is 1. The van der Waals surface area contributed by atoms with Crippen molar-refractivity contribution < 1.29 is 4.79 Å². The Labute approximate surface area is 155 Å². The van der Waals surface area contributed by atoms with Crippen LogP contribution in [-0.4, -0.2) is 26.7 Å². The third kappa shape index (κ3) is 4.29. The van der Waals surface area contributed by atoms with Crippen LogP contribution in [0.2, 0.25) is 0 Å². The molecule has 0 aliphatic heterocycles. The van der Waals surface area contributed by atoms with Gasteiger partial charge in [-0.05, 0) is 57.0 Å². The van der Waals surface area contributed by atoms with Gasteiger partial charge in [0.25, 0.3) is 0 Å². The van der Waals surface area contributed by atoms with E-state index in [1.165, 1.54) is 34.2 Å². The molecule has 130 valence electrons. The molecule has 0 bridgehead atoms. The molecule has 0 amide bonds. The van der Waals surface area contributed by atoms with Crippen molar-refractivity contribution in [2.45, 2.75) is 32.0 Å². The van der Waals surface area contributed by atoms with Gasteiger partial charge in [0.05, 0.1) is 5.75 Å². The smallest absolute Gasteiger partial charge is 0.210 e. The minimum absolute atomic E-state index is 0.103. The number of Topliss-reactive ketones (excluding diaryl/α,β-unsaturated/α-hetero) is 1. The molecule has 0 unspecified atom stereocenters. The van der Waals surface area contributed by atoms with E-state index >= 15 is 0 Å². The van der Waals surface area contributed by atoms with Crippen LogP contribution in [0.1, 0.15) is 32.9 Å². The first-order valence-corrected chi connectivity index (χ1v) is 9.72. The van der Waals surface area contributed by atoms with E-state index in [4.69, 9.17) is 0 Å². The number of hydrogen-bond donors (Lipinski definition) is 2. The molecule has 0 radical (unpaired) electrons. The van der Waals surface area contributed by atoms with Gasteiger partial charge >= 0.3 is 0 Å². The number of nitrogens with zero attached hydrogens (tertiary/aromatic N) is 2. The molecule has 1 aromatic carbocycles. The summed E-state index contributed by atoms with van der Waals surface area (Å²) in [6.07, 6.45) is 0. The van der Waals surface area contributed by atoms with Gasteiger partial charge in [-0.15, -0.1) is 10.2 Å². The van der Waals surface area contributed by atoms with E-state index in [9.17, 15) is 4.79 Å². The quantitative estimate of drug-likeness (QED) is 0.479. The Morgan fingerprint density at radius 3 is 2.64 bits per heavy atom. The fourth-order valence-corrected chi connectivity index (χ4v) is 4.14. The van der Waals surface area contributed by atoms with Crippen LogP contribution in [0.25, 0.3) is 0 Å². The zero-order valence-corrected chi connectivity index (χ0v) is 16.3. The lowest BCUT2D eigenvalue weighted by molar-refractivity contribution is 0.102. The summed E-state index contributed by atoms with van der Waals surface area (Å²) in [5, 5.41) is 12.3. The second-order valence-corrected chi connectivity index (χ2v) is 8.20. The molecule has 0 saturated carbocycles. The lowest BCUT2D eigenvalue weighted by atomic mass is 10.1. The molecular weight excluding hydrogens is 352 g/mol. The van der Waals surface area contributed by atoms with Gasteiger partial charge < -0.3 is 10.3 Å². The average molecular weight is 373 g/mol. The molecule has 0 aliphatic rings. The maximum Gasteiger partial charge on any atom is 0.210 e. The Morgan fingerprint density at radius 2 is 1.96 bits per heavy atom. The number of rotatable bonds is 6. The number of H-pyrrole nitrogens is 1. The van der Waals surface area contributed by atoms with Crippen LogP contribution in [0.4, 0.5) is 10.8 Å². The van der Waals surface area contributed by atoms with Gasteiger partial charge in [-0.3, -0.25) is 4.79 Å². The highest BCUT2D eigenvalue weighted by Gasteiger charge is 2.14. The highest BCUT2D eigenvalue weighted by atomic mass is 32.2. The summed E-state index contributed by atoms with van der Waals surface area (Å²) < 4.78 is 0.782. The number of anilines is 2. The first kappa shape index (κ1) is 17.7. The minimum Gasteiger partial charge on any atom is -0.362 e. The topological polar surface area (TPSA) is 70.7 Å². The monoisotopic (exact) mass is 372 g/mol. The predicted octanol–water partition coefficient (Wildman–Crippen LogP) is 4.82. The Kier molecular flexibility index (Phi) is 5.24. The summed E-state index contributed by atoms with van der Waals surface area (Å²) in [5.41, 5.74) is 6.15. The number of aromatic amines is 1. The lowest BCUT2D eigenvalue weighted by Gasteiger charge is -2.05. The van der Waals surface area contributed by atoms with E-state index in [0.29, 0.717) is 5.75 Å². The number of benzene rings is 1.